The lowest BCUT2D eigenvalue weighted by atomic mass is 9.98. The van der Waals surface area contributed by atoms with Gasteiger partial charge in [0.2, 0.25) is 0 Å². The molecule has 0 amide bonds. The molecule has 0 aliphatic heterocycles. The first kappa shape index (κ1) is 23.9. The van der Waals surface area contributed by atoms with Gasteiger partial charge in [0.05, 0.1) is 11.0 Å². The molecular formula is C40H26N2O. The average Bonchev–Trinajstić information content (AvgIpc) is 3.60. The summed E-state index contributed by atoms with van der Waals surface area (Å²) in [5, 5.41) is 10.9. The van der Waals surface area contributed by atoms with E-state index in [0.29, 0.717) is 0 Å². The van der Waals surface area contributed by atoms with E-state index in [0.717, 1.165) is 50.1 Å². The van der Waals surface area contributed by atoms with Gasteiger partial charge in [0, 0.05) is 44.2 Å². The van der Waals surface area contributed by atoms with Gasteiger partial charge in [0.1, 0.15) is 11.2 Å². The number of hydrogen-bond acceptors (Lipinski definition) is 2. The van der Waals surface area contributed by atoms with Crippen LogP contribution in [0.2, 0.25) is 0 Å². The Morgan fingerprint density at radius 2 is 1.21 bits per heavy atom. The lowest BCUT2D eigenvalue weighted by Crippen LogP contribution is -1.95. The molecule has 0 saturated carbocycles. The third-order valence-electron chi connectivity index (χ3n) is 8.52. The molecule has 0 saturated heterocycles. The Hall–Kier alpha value is -5.80. The summed E-state index contributed by atoms with van der Waals surface area (Å²) < 4.78 is 8.83. The normalized spacial score (nSPS) is 11.7. The van der Waals surface area contributed by atoms with Crippen LogP contribution in [0.1, 0.15) is 0 Å². The molecule has 0 atom stereocenters. The Balaban J connectivity index is 1.24. The lowest BCUT2D eigenvalue weighted by molar-refractivity contribution is 0.670. The second-order valence-electron chi connectivity index (χ2n) is 11.1. The molecule has 1 N–H and O–H groups in total. The Morgan fingerprint density at radius 1 is 0.465 bits per heavy atom. The van der Waals surface area contributed by atoms with E-state index in [4.69, 9.17) is 4.42 Å². The van der Waals surface area contributed by atoms with E-state index in [-0.39, 0.29) is 0 Å². The van der Waals surface area contributed by atoms with Crippen molar-refractivity contribution < 1.29 is 4.42 Å². The number of benzene rings is 7. The number of furan rings is 1. The van der Waals surface area contributed by atoms with Gasteiger partial charge in [0.15, 0.2) is 0 Å². The minimum Gasteiger partial charge on any atom is -0.455 e. The Bertz CT molecular complexity index is 2480. The predicted octanol–water partition coefficient (Wildman–Crippen LogP) is 11.2. The first-order chi connectivity index (χ1) is 21.3. The summed E-state index contributed by atoms with van der Waals surface area (Å²) in [5.41, 5.74) is 9.57. The third-order valence-corrected chi connectivity index (χ3v) is 8.52. The minimum absolute atomic E-state index is 0.894. The van der Waals surface area contributed by atoms with Crippen LogP contribution in [0.4, 0.5) is 11.4 Å². The van der Waals surface area contributed by atoms with Crippen LogP contribution in [-0.2, 0) is 0 Å². The lowest BCUT2D eigenvalue weighted by Gasteiger charge is -2.12. The summed E-state index contributed by atoms with van der Waals surface area (Å²) in [6, 6.07) is 53.7. The summed E-state index contributed by atoms with van der Waals surface area (Å²) in [5.74, 6) is 0. The van der Waals surface area contributed by atoms with E-state index < -0.39 is 0 Å². The van der Waals surface area contributed by atoms with E-state index in [1.165, 1.54) is 32.6 Å². The molecule has 9 aromatic rings. The molecule has 43 heavy (non-hydrogen) atoms. The van der Waals surface area contributed by atoms with Crippen molar-refractivity contribution in [2.24, 2.45) is 0 Å². The first-order valence-electron chi connectivity index (χ1n) is 14.6. The van der Waals surface area contributed by atoms with E-state index in [9.17, 15) is 0 Å². The zero-order valence-corrected chi connectivity index (χ0v) is 23.3. The van der Waals surface area contributed by atoms with Crippen LogP contribution >= 0.6 is 0 Å². The van der Waals surface area contributed by atoms with Crippen LogP contribution < -0.4 is 5.32 Å². The van der Waals surface area contributed by atoms with Gasteiger partial charge in [-0.1, -0.05) is 97.1 Å². The van der Waals surface area contributed by atoms with E-state index in [1.54, 1.807) is 0 Å². The second kappa shape index (κ2) is 9.37. The third kappa shape index (κ3) is 3.83. The standard InChI is InChI=1S/C40H26N2O/c1-2-12-31(13-3-1)42-37-16-8-6-14-32(37)33-21-20-29(25-38(33)42)41-30-23-35(28-19-18-26-10-4-5-11-27(26)22-28)40-36(24-30)34-15-7-9-17-39(34)43-40/h1-25,41H. The Kier molecular flexibility index (Phi) is 5.20. The summed E-state index contributed by atoms with van der Waals surface area (Å²) in [7, 11) is 0. The van der Waals surface area contributed by atoms with E-state index in [2.05, 4.69) is 149 Å². The zero-order valence-electron chi connectivity index (χ0n) is 23.3. The predicted molar refractivity (Wildman–Crippen MR) is 181 cm³/mol. The van der Waals surface area contributed by atoms with Gasteiger partial charge in [-0.3, -0.25) is 0 Å². The van der Waals surface area contributed by atoms with E-state index in [1.807, 2.05) is 12.1 Å². The number of nitrogens with one attached hydrogen (secondary N) is 1. The van der Waals surface area contributed by atoms with Crippen molar-refractivity contribution in [3.8, 4) is 16.8 Å². The van der Waals surface area contributed by atoms with Gasteiger partial charge in [-0.2, -0.15) is 0 Å². The minimum atomic E-state index is 0.894. The molecule has 0 fully saturated rings. The molecule has 2 heterocycles. The van der Waals surface area contributed by atoms with Gasteiger partial charge in [-0.15, -0.1) is 0 Å². The summed E-state index contributed by atoms with van der Waals surface area (Å²) in [4.78, 5) is 0. The molecule has 0 spiro atoms. The average molecular weight is 551 g/mol. The van der Waals surface area contributed by atoms with Gasteiger partial charge < -0.3 is 14.3 Å². The Labute approximate surface area is 248 Å². The van der Waals surface area contributed by atoms with Crippen molar-refractivity contribution in [1.82, 2.24) is 4.57 Å². The van der Waals surface area contributed by atoms with Gasteiger partial charge in [-0.25, -0.2) is 0 Å². The number of aromatic nitrogens is 1. The fourth-order valence-electron chi connectivity index (χ4n) is 6.54. The molecule has 3 heteroatoms. The van der Waals surface area contributed by atoms with Crippen LogP contribution in [0.15, 0.2) is 156 Å². The number of anilines is 2. The number of nitrogens with zero attached hydrogens (tertiary/aromatic N) is 1. The maximum atomic E-state index is 6.48. The van der Waals surface area contributed by atoms with Crippen LogP contribution in [0, 0.1) is 0 Å². The number of rotatable bonds is 4. The molecule has 9 rings (SSSR count). The quantitative estimate of drug-likeness (QED) is 0.236. The maximum Gasteiger partial charge on any atom is 0.143 e. The molecule has 0 radical (unpaired) electrons. The SMILES string of the molecule is c1ccc(-n2c3ccccc3c3ccc(Nc4cc(-c5ccc6ccccc6c5)c5oc6ccccc6c5c4)cc32)cc1. The van der Waals surface area contributed by atoms with Crippen LogP contribution in [0.25, 0.3) is 71.3 Å². The van der Waals surface area contributed by atoms with Gasteiger partial charge >= 0.3 is 0 Å². The topological polar surface area (TPSA) is 30.1 Å². The number of para-hydroxylation sites is 3. The first-order valence-corrected chi connectivity index (χ1v) is 14.6. The van der Waals surface area contributed by atoms with Crippen molar-refractivity contribution in [2.45, 2.75) is 0 Å². The Morgan fingerprint density at radius 3 is 2.12 bits per heavy atom. The molecule has 0 aliphatic carbocycles. The highest BCUT2D eigenvalue weighted by molar-refractivity contribution is 6.12. The largest absolute Gasteiger partial charge is 0.455 e. The monoisotopic (exact) mass is 550 g/mol. The van der Waals surface area contributed by atoms with Crippen molar-refractivity contribution in [1.29, 1.82) is 0 Å². The van der Waals surface area contributed by atoms with Crippen molar-refractivity contribution >= 4 is 65.9 Å². The smallest absolute Gasteiger partial charge is 0.143 e. The van der Waals surface area contributed by atoms with Crippen LogP contribution in [-0.4, -0.2) is 4.57 Å². The zero-order chi connectivity index (χ0) is 28.3. The van der Waals surface area contributed by atoms with Crippen LogP contribution in [0.3, 0.4) is 0 Å². The van der Waals surface area contributed by atoms with Gasteiger partial charge in [-0.05, 0) is 70.9 Å². The molecule has 0 unspecified atom stereocenters. The van der Waals surface area contributed by atoms with Crippen LogP contribution in [0.5, 0.6) is 0 Å². The summed E-state index contributed by atoms with van der Waals surface area (Å²) in [6.45, 7) is 0. The fraction of sp³-hybridized carbons (Fsp3) is 0. The van der Waals surface area contributed by atoms with Gasteiger partial charge in [0.25, 0.3) is 0 Å². The fourth-order valence-corrected chi connectivity index (χ4v) is 6.54. The molecule has 3 nitrogen and oxygen atoms in total. The molecule has 202 valence electrons. The van der Waals surface area contributed by atoms with E-state index >= 15 is 0 Å². The number of fused-ring (bicyclic) bond motifs is 7. The highest BCUT2D eigenvalue weighted by atomic mass is 16.3. The summed E-state index contributed by atoms with van der Waals surface area (Å²) >= 11 is 0. The molecule has 0 bridgehead atoms. The number of hydrogen-bond donors (Lipinski definition) is 1. The van der Waals surface area contributed by atoms with Crippen molar-refractivity contribution in [3.63, 3.8) is 0 Å². The molecule has 0 aliphatic rings. The summed E-state index contributed by atoms with van der Waals surface area (Å²) in [6.07, 6.45) is 0. The molecule has 2 aromatic heterocycles. The highest BCUT2D eigenvalue weighted by Gasteiger charge is 2.16. The molecular weight excluding hydrogens is 524 g/mol. The maximum absolute atomic E-state index is 6.48. The van der Waals surface area contributed by atoms with Crippen molar-refractivity contribution in [3.05, 3.63) is 152 Å². The second-order valence-corrected chi connectivity index (χ2v) is 11.1. The highest BCUT2D eigenvalue weighted by Crippen LogP contribution is 2.40. The molecule has 7 aromatic carbocycles. The van der Waals surface area contributed by atoms with Crippen molar-refractivity contribution in [2.75, 3.05) is 5.32 Å².